The van der Waals surface area contributed by atoms with E-state index >= 15 is 0 Å². The van der Waals surface area contributed by atoms with Gasteiger partial charge in [0, 0.05) is 11.6 Å². The van der Waals surface area contributed by atoms with Crippen LogP contribution in [0.25, 0.3) is 0 Å². The van der Waals surface area contributed by atoms with E-state index in [0.29, 0.717) is 17.1 Å². The van der Waals surface area contributed by atoms with E-state index in [9.17, 15) is 9.59 Å². The van der Waals surface area contributed by atoms with Gasteiger partial charge in [-0.2, -0.15) is 0 Å². The Kier molecular flexibility index (Phi) is 7.12. The highest BCUT2D eigenvalue weighted by Gasteiger charge is 2.32. The Labute approximate surface area is 166 Å². The summed E-state index contributed by atoms with van der Waals surface area (Å²) in [5, 5.41) is 3.18. The van der Waals surface area contributed by atoms with Crippen molar-refractivity contribution in [3.8, 4) is 0 Å². The number of halogens is 1. The lowest BCUT2D eigenvalue weighted by Gasteiger charge is -2.35. The van der Waals surface area contributed by atoms with E-state index in [2.05, 4.69) is 17.1 Å². The summed E-state index contributed by atoms with van der Waals surface area (Å²) in [6, 6.07) is 5.77. The number of rotatable bonds is 4. The minimum atomic E-state index is -0.962. The first-order valence-electron chi connectivity index (χ1n) is 9.19. The second-order valence-electron chi connectivity index (χ2n) is 8.13. The van der Waals surface area contributed by atoms with E-state index < -0.39 is 23.7 Å². The van der Waals surface area contributed by atoms with Crippen LogP contribution in [-0.4, -0.2) is 48.8 Å². The fourth-order valence-electron chi connectivity index (χ4n) is 2.92. The molecule has 0 bridgehead atoms. The minimum absolute atomic E-state index is 0.216. The molecule has 7 heteroatoms. The summed E-state index contributed by atoms with van der Waals surface area (Å²) in [4.78, 5) is 27.3. The van der Waals surface area contributed by atoms with Crippen molar-refractivity contribution in [2.75, 3.05) is 20.1 Å². The third-order valence-corrected chi connectivity index (χ3v) is 4.71. The molecule has 1 aliphatic rings. The Hall–Kier alpha value is -1.79. The average molecular weight is 397 g/mol. The van der Waals surface area contributed by atoms with Crippen molar-refractivity contribution in [3.63, 3.8) is 0 Å². The number of likely N-dealkylation sites (N-methyl/N-ethyl adjacent to an activating group) is 1. The molecule has 1 aromatic rings. The SMILES string of the molecule is CC1CCN(C)C[C@@H]1OC(=O)C(NC(=O)OC(C)(C)C)c1ccc(Cl)cc1. The summed E-state index contributed by atoms with van der Waals surface area (Å²) in [7, 11) is 2.00. The van der Waals surface area contributed by atoms with Crippen molar-refractivity contribution >= 4 is 23.7 Å². The molecule has 0 aromatic heterocycles. The van der Waals surface area contributed by atoms with Gasteiger partial charge in [0.25, 0.3) is 0 Å². The van der Waals surface area contributed by atoms with Crippen molar-refractivity contribution in [1.82, 2.24) is 10.2 Å². The number of nitrogens with one attached hydrogen (secondary N) is 1. The first-order chi connectivity index (χ1) is 12.5. The predicted molar refractivity (Wildman–Crippen MR) is 105 cm³/mol. The summed E-state index contributed by atoms with van der Waals surface area (Å²) >= 11 is 5.95. The molecule has 1 heterocycles. The van der Waals surface area contributed by atoms with Gasteiger partial charge in [-0.3, -0.25) is 0 Å². The third-order valence-electron chi connectivity index (χ3n) is 4.46. The number of carbonyl (C=O) groups is 2. The molecule has 1 aliphatic heterocycles. The number of amides is 1. The van der Waals surface area contributed by atoms with Crippen LogP contribution in [0.2, 0.25) is 5.02 Å². The molecule has 1 N–H and O–H groups in total. The summed E-state index contributed by atoms with van der Waals surface area (Å²) in [6.45, 7) is 9.02. The molecule has 0 spiro atoms. The maximum absolute atomic E-state index is 12.9. The average Bonchev–Trinajstić information content (AvgIpc) is 2.55. The molecule has 1 saturated heterocycles. The summed E-state index contributed by atoms with van der Waals surface area (Å²) < 4.78 is 11.1. The number of benzene rings is 1. The van der Waals surface area contributed by atoms with Gasteiger partial charge >= 0.3 is 12.1 Å². The van der Waals surface area contributed by atoms with Crippen LogP contribution in [0, 0.1) is 5.92 Å². The number of likely N-dealkylation sites (tertiary alicyclic amines) is 1. The van der Waals surface area contributed by atoms with Gasteiger partial charge < -0.3 is 19.7 Å². The van der Waals surface area contributed by atoms with Gasteiger partial charge in [0.2, 0.25) is 0 Å². The number of esters is 1. The highest BCUT2D eigenvalue weighted by molar-refractivity contribution is 6.30. The fourth-order valence-corrected chi connectivity index (χ4v) is 3.04. The number of hydrogen-bond acceptors (Lipinski definition) is 5. The summed E-state index contributed by atoms with van der Waals surface area (Å²) in [6.07, 6.45) is 0.0687. The number of ether oxygens (including phenoxy) is 2. The van der Waals surface area contributed by atoms with Gasteiger partial charge in [0.1, 0.15) is 11.7 Å². The van der Waals surface area contributed by atoms with Crippen molar-refractivity contribution in [2.24, 2.45) is 5.92 Å². The van der Waals surface area contributed by atoms with E-state index in [1.165, 1.54) is 0 Å². The molecule has 6 nitrogen and oxygen atoms in total. The maximum Gasteiger partial charge on any atom is 0.408 e. The standard InChI is InChI=1S/C20H29ClN2O4/c1-13-10-11-23(5)12-16(13)26-18(24)17(14-6-8-15(21)9-7-14)22-19(25)27-20(2,3)4/h6-9,13,16-17H,10-12H2,1-5H3,(H,22,25)/t13?,16-,17?/m0/s1. The number of nitrogens with zero attached hydrogens (tertiary/aromatic N) is 1. The van der Waals surface area contributed by atoms with E-state index in [-0.39, 0.29) is 12.0 Å². The van der Waals surface area contributed by atoms with Crippen molar-refractivity contribution in [1.29, 1.82) is 0 Å². The number of hydrogen-bond donors (Lipinski definition) is 1. The van der Waals surface area contributed by atoms with Gasteiger partial charge in [0.15, 0.2) is 6.04 Å². The topological polar surface area (TPSA) is 67.9 Å². The Balaban J connectivity index is 2.16. The molecule has 1 amide bonds. The van der Waals surface area contributed by atoms with Gasteiger partial charge in [-0.05, 0) is 64.4 Å². The maximum atomic E-state index is 12.9. The highest BCUT2D eigenvalue weighted by Crippen LogP contribution is 2.24. The fraction of sp³-hybridized carbons (Fsp3) is 0.600. The Bertz CT molecular complexity index is 657. The second kappa shape index (κ2) is 8.93. The first-order valence-corrected chi connectivity index (χ1v) is 9.57. The van der Waals surface area contributed by atoms with Crippen LogP contribution >= 0.6 is 11.6 Å². The summed E-state index contributed by atoms with van der Waals surface area (Å²) in [5.41, 5.74) is -0.0776. The number of carbonyl (C=O) groups excluding carboxylic acids is 2. The van der Waals surface area contributed by atoms with E-state index in [1.54, 1.807) is 45.0 Å². The molecular formula is C20H29ClN2O4. The molecule has 27 heavy (non-hydrogen) atoms. The van der Waals surface area contributed by atoms with Crippen molar-refractivity contribution < 1.29 is 19.1 Å². The molecule has 0 radical (unpaired) electrons. The zero-order valence-corrected chi connectivity index (χ0v) is 17.4. The van der Waals surface area contributed by atoms with Crippen LogP contribution in [0.1, 0.15) is 45.7 Å². The molecule has 3 atom stereocenters. The van der Waals surface area contributed by atoms with Gasteiger partial charge in [-0.1, -0.05) is 30.7 Å². The Morgan fingerprint density at radius 1 is 1.26 bits per heavy atom. The molecule has 1 fully saturated rings. The third kappa shape index (κ3) is 6.70. The first kappa shape index (κ1) is 21.5. The zero-order valence-electron chi connectivity index (χ0n) is 16.6. The molecule has 2 unspecified atom stereocenters. The van der Waals surface area contributed by atoms with Crippen LogP contribution in [0.4, 0.5) is 4.79 Å². The van der Waals surface area contributed by atoms with Crippen LogP contribution in [-0.2, 0) is 14.3 Å². The smallest absolute Gasteiger partial charge is 0.408 e. The van der Waals surface area contributed by atoms with Crippen LogP contribution < -0.4 is 5.32 Å². The molecule has 0 saturated carbocycles. The molecule has 2 rings (SSSR count). The lowest BCUT2D eigenvalue weighted by molar-refractivity contribution is -0.157. The molecule has 0 aliphatic carbocycles. The van der Waals surface area contributed by atoms with Gasteiger partial charge in [-0.25, -0.2) is 9.59 Å². The van der Waals surface area contributed by atoms with Crippen LogP contribution in [0.3, 0.4) is 0 Å². The number of piperidine rings is 1. The molecular weight excluding hydrogens is 368 g/mol. The summed E-state index contributed by atoms with van der Waals surface area (Å²) in [5.74, 6) is -0.243. The van der Waals surface area contributed by atoms with E-state index in [1.807, 2.05) is 7.05 Å². The zero-order chi connectivity index (χ0) is 20.2. The Morgan fingerprint density at radius 3 is 2.48 bits per heavy atom. The van der Waals surface area contributed by atoms with Crippen molar-refractivity contribution in [2.45, 2.75) is 51.9 Å². The predicted octanol–water partition coefficient (Wildman–Crippen LogP) is 3.79. The van der Waals surface area contributed by atoms with Crippen LogP contribution in [0.15, 0.2) is 24.3 Å². The van der Waals surface area contributed by atoms with Crippen molar-refractivity contribution in [3.05, 3.63) is 34.9 Å². The number of alkyl carbamates (subject to hydrolysis) is 1. The monoisotopic (exact) mass is 396 g/mol. The molecule has 1 aromatic carbocycles. The van der Waals surface area contributed by atoms with Gasteiger partial charge in [0.05, 0.1) is 0 Å². The lowest BCUT2D eigenvalue weighted by Crippen LogP contribution is -2.45. The normalized spacial score (nSPS) is 22.0. The van der Waals surface area contributed by atoms with Gasteiger partial charge in [-0.15, -0.1) is 0 Å². The highest BCUT2D eigenvalue weighted by atomic mass is 35.5. The quantitative estimate of drug-likeness (QED) is 0.784. The minimum Gasteiger partial charge on any atom is -0.459 e. The second-order valence-corrected chi connectivity index (χ2v) is 8.57. The lowest BCUT2D eigenvalue weighted by atomic mass is 9.96. The van der Waals surface area contributed by atoms with E-state index in [4.69, 9.17) is 21.1 Å². The van der Waals surface area contributed by atoms with E-state index in [0.717, 1.165) is 13.0 Å². The molecule has 150 valence electrons. The largest absolute Gasteiger partial charge is 0.459 e. The van der Waals surface area contributed by atoms with Crippen LogP contribution in [0.5, 0.6) is 0 Å². The Morgan fingerprint density at radius 2 is 1.89 bits per heavy atom.